The van der Waals surface area contributed by atoms with Crippen molar-refractivity contribution in [2.45, 2.75) is 12.8 Å². The van der Waals surface area contributed by atoms with Gasteiger partial charge in [-0.25, -0.2) is 0 Å². The highest BCUT2D eigenvalue weighted by Gasteiger charge is 2.11. The Balaban J connectivity index is 2.44. The van der Waals surface area contributed by atoms with Crippen molar-refractivity contribution in [2.24, 2.45) is 0 Å². The molecule has 57 valence electrons. The summed E-state index contributed by atoms with van der Waals surface area (Å²) < 4.78 is 0. The highest BCUT2D eigenvalue weighted by atomic mass is 15.1. The molecule has 0 aromatic heterocycles. The number of aryl methyl sites for hydroxylation is 1. The standard InChI is InChI=1S/C10H12N/c1-11-8-4-6-9-5-2-3-7-10(9)11/h2,5,7H,4,6,8H2,1H3. The molecule has 2 rings (SSSR count). The zero-order chi connectivity index (χ0) is 7.68. The van der Waals surface area contributed by atoms with Gasteiger partial charge in [0.15, 0.2) is 0 Å². The third kappa shape index (κ3) is 1.11. The number of hydrogen-bond donors (Lipinski definition) is 0. The second-order valence-corrected chi connectivity index (χ2v) is 3.08. The fourth-order valence-electron chi connectivity index (χ4n) is 1.65. The number of fused-ring (bicyclic) bond motifs is 1. The van der Waals surface area contributed by atoms with Gasteiger partial charge in [0.25, 0.3) is 0 Å². The van der Waals surface area contributed by atoms with Crippen LogP contribution in [0.5, 0.6) is 0 Å². The Hall–Kier alpha value is -0.980. The highest BCUT2D eigenvalue weighted by molar-refractivity contribution is 5.54. The fourth-order valence-corrected chi connectivity index (χ4v) is 1.65. The van der Waals surface area contributed by atoms with Gasteiger partial charge in [-0.05, 0) is 30.5 Å². The molecule has 11 heavy (non-hydrogen) atoms. The Morgan fingerprint density at radius 2 is 2.45 bits per heavy atom. The van der Waals surface area contributed by atoms with E-state index in [1.807, 2.05) is 6.07 Å². The minimum absolute atomic E-state index is 1.19. The molecular formula is C10H12N. The Morgan fingerprint density at radius 1 is 1.55 bits per heavy atom. The topological polar surface area (TPSA) is 3.24 Å². The quantitative estimate of drug-likeness (QED) is 0.540. The number of hydrogen-bond acceptors (Lipinski definition) is 1. The molecule has 0 bridgehead atoms. The maximum absolute atomic E-state index is 3.11. The van der Waals surface area contributed by atoms with Crippen molar-refractivity contribution in [1.29, 1.82) is 0 Å². The van der Waals surface area contributed by atoms with Gasteiger partial charge < -0.3 is 4.90 Å². The monoisotopic (exact) mass is 146 g/mol. The van der Waals surface area contributed by atoms with Crippen LogP contribution in [0.2, 0.25) is 0 Å². The van der Waals surface area contributed by atoms with Crippen LogP contribution in [0, 0.1) is 6.07 Å². The predicted octanol–water partition coefficient (Wildman–Crippen LogP) is 1.87. The van der Waals surface area contributed by atoms with Crippen LogP contribution in [0.3, 0.4) is 0 Å². The maximum Gasteiger partial charge on any atom is 0.0402 e. The molecule has 1 aromatic carbocycles. The molecule has 1 aliphatic heterocycles. The molecule has 1 heterocycles. The van der Waals surface area contributed by atoms with Crippen LogP contribution in [0.25, 0.3) is 0 Å². The molecule has 1 nitrogen and oxygen atoms in total. The first kappa shape index (κ1) is 6.71. The lowest BCUT2D eigenvalue weighted by atomic mass is 10.0. The van der Waals surface area contributed by atoms with Crippen LogP contribution in [-0.2, 0) is 6.42 Å². The number of rotatable bonds is 0. The van der Waals surface area contributed by atoms with E-state index in [1.165, 1.54) is 30.6 Å². The van der Waals surface area contributed by atoms with Crippen molar-refractivity contribution < 1.29 is 0 Å². The highest BCUT2D eigenvalue weighted by Crippen LogP contribution is 2.24. The molecule has 1 aliphatic rings. The lowest BCUT2D eigenvalue weighted by molar-refractivity contribution is 0.744. The van der Waals surface area contributed by atoms with E-state index in [9.17, 15) is 0 Å². The van der Waals surface area contributed by atoms with Crippen LogP contribution in [0.15, 0.2) is 18.2 Å². The summed E-state index contributed by atoms with van der Waals surface area (Å²) in [7, 11) is 2.14. The van der Waals surface area contributed by atoms with E-state index in [2.05, 4.69) is 30.1 Å². The van der Waals surface area contributed by atoms with Crippen molar-refractivity contribution >= 4 is 5.69 Å². The Morgan fingerprint density at radius 3 is 3.27 bits per heavy atom. The van der Waals surface area contributed by atoms with E-state index < -0.39 is 0 Å². The minimum atomic E-state index is 1.19. The fraction of sp³-hybridized carbons (Fsp3) is 0.400. The van der Waals surface area contributed by atoms with E-state index >= 15 is 0 Å². The average Bonchev–Trinajstić information content (AvgIpc) is 2.06. The number of nitrogens with zero attached hydrogens (tertiary/aromatic N) is 1. The molecule has 0 fully saturated rings. The van der Waals surface area contributed by atoms with Gasteiger partial charge in [-0.1, -0.05) is 12.1 Å². The molecule has 0 N–H and O–H groups in total. The average molecular weight is 146 g/mol. The van der Waals surface area contributed by atoms with E-state index in [1.54, 1.807) is 0 Å². The van der Waals surface area contributed by atoms with Gasteiger partial charge in [0.2, 0.25) is 0 Å². The van der Waals surface area contributed by atoms with Crippen molar-refractivity contribution in [1.82, 2.24) is 0 Å². The molecule has 0 aliphatic carbocycles. The smallest absolute Gasteiger partial charge is 0.0402 e. The van der Waals surface area contributed by atoms with E-state index in [0.29, 0.717) is 0 Å². The Labute approximate surface area is 67.6 Å². The van der Waals surface area contributed by atoms with Gasteiger partial charge in [0, 0.05) is 19.3 Å². The molecule has 0 unspecified atom stereocenters. The summed E-state index contributed by atoms with van der Waals surface area (Å²) in [6.45, 7) is 1.19. The minimum Gasteiger partial charge on any atom is -0.374 e. The van der Waals surface area contributed by atoms with Crippen molar-refractivity contribution in [3.63, 3.8) is 0 Å². The summed E-state index contributed by atoms with van der Waals surface area (Å²) >= 11 is 0. The molecule has 1 radical (unpaired) electrons. The van der Waals surface area contributed by atoms with Crippen molar-refractivity contribution in [2.75, 3.05) is 18.5 Å². The molecular weight excluding hydrogens is 134 g/mol. The van der Waals surface area contributed by atoms with Crippen LogP contribution >= 0.6 is 0 Å². The number of anilines is 1. The van der Waals surface area contributed by atoms with Gasteiger partial charge in [-0.3, -0.25) is 0 Å². The zero-order valence-electron chi connectivity index (χ0n) is 6.80. The zero-order valence-corrected chi connectivity index (χ0v) is 6.80. The first-order valence-electron chi connectivity index (χ1n) is 4.08. The normalized spacial score (nSPS) is 16.3. The lowest BCUT2D eigenvalue weighted by Gasteiger charge is -2.26. The first-order chi connectivity index (χ1) is 5.38. The van der Waals surface area contributed by atoms with Gasteiger partial charge >= 0.3 is 0 Å². The van der Waals surface area contributed by atoms with E-state index in [0.717, 1.165) is 0 Å². The van der Waals surface area contributed by atoms with Gasteiger partial charge in [-0.15, -0.1) is 0 Å². The summed E-state index contributed by atoms with van der Waals surface area (Å²) in [4.78, 5) is 2.30. The summed E-state index contributed by atoms with van der Waals surface area (Å²) in [5, 5.41) is 0. The Bertz CT molecular complexity index is 255. The van der Waals surface area contributed by atoms with Crippen molar-refractivity contribution in [3.05, 3.63) is 29.8 Å². The predicted molar refractivity (Wildman–Crippen MR) is 46.9 cm³/mol. The summed E-state index contributed by atoms with van der Waals surface area (Å²) in [5.74, 6) is 0. The second kappa shape index (κ2) is 2.57. The molecule has 0 atom stereocenters. The SMILES string of the molecule is CN1CCCc2cc[c]cc21. The second-order valence-electron chi connectivity index (χ2n) is 3.08. The molecule has 0 saturated heterocycles. The molecule has 0 saturated carbocycles. The van der Waals surface area contributed by atoms with Crippen LogP contribution < -0.4 is 4.90 Å². The third-order valence-corrected chi connectivity index (χ3v) is 2.28. The molecule has 0 amide bonds. The molecule has 0 spiro atoms. The van der Waals surface area contributed by atoms with E-state index in [-0.39, 0.29) is 0 Å². The van der Waals surface area contributed by atoms with Crippen LogP contribution in [-0.4, -0.2) is 13.6 Å². The summed E-state index contributed by atoms with van der Waals surface area (Å²) in [6, 6.07) is 9.36. The third-order valence-electron chi connectivity index (χ3n) is 2.28. The summed E-state index contributed by atoms with van der Waals surface area (Å²) in [5.41, 5.74) is 2.83. The maximum atomic E-state index is 3.11. The number of benzene rings is 1. The van der Waals surface area contributed by atoms with Gasteiger partial charge in [0.1, 0.15) is 0 Å². The van der Waals surface area contributed by atoms with Crippen molar-refractivity contribution in [3.8, 4) is 0 Å². The van der Waals surface area contributed by atoms with E-state index in [4.69, 9.17) is 0 Å². The largest absolute Gasteiger partial charge is 0.374 e. The molecule has 1 aromatic rings. The van der Waals surface area contributed by atoms with Crippen LogP contribution in [0.1, 0.15) is 12.0 Å². The Kier molecular flexibility index (Phi) is 1.57. The summed E-state index contributed by atoms with van der Waals surface area (Å²) in [6.07, 6.45) is 2.52. The lowest BCUT2D eigenvalue weighted by Crippen LogP contribution is -2.24. The van der Waals surface area contributed by atoms with Crippen LogP contribution in [0.4, 0.5) is 5.69 Å². The van der Waals surface area contributed by atoms with Gasteiger partial charge in [0.05, 0.1) is 0 Å². The first-order valence-corrected chi connectivity index (χ1v) is 4.08. The molecule has 1 heteroatoms. The van der Waals surface area contributed by atoms with Gasteiger partial charge in [-0.2, -0.15) is 0 Å².